The van der Waals surface area contributed by atoms with Crippen LogP contribution in [0.15, 0.2) is 18.2 Å². The van der Waals surface area contributed by atoms with Gasteiger partial charge in [0.05, 0.1) is 6.10 Å². The number of aliphatic hydroxyl groups is 2. The molecule has 0 aliphatic rings. The van der Waals surface area contributed by atoms with Crippen LogP contribution < -0.4 is 5.73 Å². The third-order valence-electron chi connectivity index (χ3n) is 2.51. The fraction of sp³-hybridized carbons (Fsp3) is 0.455. The van der Waals surface area contributed by atoms with Crippen molar-refractivity contribution in [3.63, 3.8) is 0 Å². The van der Waals surface area contributed by atoms with Crippen LogP contribution in [0.1, 0.15) is 23.7 Å². The highest BCUT2D eigenvalue weighted by Crippen LogP contribution is 2.25. The first-order valence-corrected chi connectivity index (χ1v) is 5.97. The molecule has 0 aromatic heterocycles. The maximum absolute atomic E-state index is 9.90. The van der Waals surface area contributed by atoms with Gasteiger partial charge in [-0.3, -0.25) is 0 Å². The molecule has 2 unspecified atom stereocenters. The van der Waals surface area contributed by atoms with E-state index in [4.69, 9.17) is 5.73 Å². The Kier molecular flexibility index (Phi) is 4.57. The fourth-order valence-corrected chi connectivity index (χ4v) is 1.94. The van der Waals surface area contributed by atoms with E-state index in [1.165, 1.54) is 0 Å². The van der Waals surface area contributed by atoms with Gasteiger partial charge in [-0.1, -0.05) is 28.1 Å². The highest BCUT2D eigenvalue weighted by atomic mass is 79.9. The van der Waals surface area contributed by atoms with Gasteiger partial charge >= 0.3 is 0 Å². The molecule has 3 nitrogen and oxygen atoms in total. The van der Waals surface area contributed by atoms with E-state index >= 15 is 0 Å². The molecule has 4 heteroatoms. The summed E-state index contributed by atoms with van der Waals surface area (Å²) in [6.07, 6.45) is -1.12. The zero-order valence-corrected chi connectivity index (χ0v) is 10.2. The van der Waals surface area contributed by atoms with Gasteiger partial charge in [-0.25, -0.2) is 0 Å². The summed E-state index contributed by atoms with van der Waals surface area (Å²) in [7, 11) is 0. The van der Waals surface area contributed by atoms with Crippen LogP contribution in [0, 0.1) is 6.92 Å². The van der Waals surface area contributed by atoms with Crippen molar-refractivity contribution < 1.29 is 10.2 Å². The first-order valence-electron chi connectivity index (χ1n) is 4.85. The van der Waals surface area contributed by atoms with E-state index in [-0.39, 0.29) is 0 Å². The molecule has 1 aromatic rings. The lowest BCUT2D eigenvalue weighted by atomic mass is 9.97. The predicted molar refractivity (Wildman–Crippen MR) is 65.0 cm³/mol. The lowest BCUT2D eigenvalue weighted by Crippen LogP contribution is -2.19. The van der Waals surface area contributed by atoms with Crippen LogP contribution in [0.4, 0.5) is 5.69 Å². The molecule has 1 rings (SSSR count). The van der Waals surface area contributed by atoms with Crippen molar-refractivity contribution >= 4 is 21.6 Å². The Morgan fingerprint density at radius 3 is 2.67 bits per heavy atom. The van der Waals surface area contributed by atoms with Gasteiger partial charge in [-0.05, 0) is 30.5 Å². The molecule has 0 saturated carbocycles. The number of hydrogen-bond acceptors (Lipinski definition) is 3. The van der Waals surface area contributed by atoms with Crippen LogP contribution in [-0.2, 0) is 0 Å². The van der Waals surface area contributed by atoms with Crippen molar-refractivity contribution in [2.75, 3.05) is 11.1 Å². The van der Waals surface area contributed by atoms with Crippen LogP contribution in [0.2, 0.25) is 0 Å². The number of nitrogen functional groups attached to an aromatic ring is 1. The number of benzene rings is 1. The van der Waals surface area contributed by atoms with Gasteiger partial charge in [0.25, 0.3) is 0 Å². The molecule has 4 N–H and O–H groups in total. The summed E-state index contributed by atoms with van der Waals surface area (Å²) >= 11 is 3.23. The van der Waals surface area contributed by atoms with E-state index in [9.17, 15) is 10.2 Å². The quantitative estimate of drug-likeness (QED) is 0.579. The molecule has 15 heavy (non-hydrogen) atoms. The van der Waals surface area contributed by atoms with E-state index in [0.717, 1.165) is 5.56 Å². The van der Waals surface area contributed by atoms with Gasteiger partial charge in [0.2, 0.25) is 0 Å². The zero-order chi connectivity index (χ0) is 11.4. The molecule has 0 aliphatic carbocycles. The Hall–Kier alpha value is -0.580. The highest BCUT2D eigenvalue weighted by Gasteiger charge is 2.19. The molecule has 84 valence electrons. The van der Waals surface area contributed by atoms with Gasteiger partial charge in [-0.2, -0.15) is 0 Å². The smallest absolute Gasteiger partial charge is 0.105 e. The minimum atomic E-state index is -0.869. The number of alkyl halides is 1. The molecule has 2 atom stereocenters. The standard InChI is InChI=1S/C11H16BrNO2/c1-7-8(3-2-4-9(7)13)11(15)10(14)5-6-12/h2-4,10-11,14-15H,5-6,13H2,1H3. The Labute approximate surface area is 98.1 Å². The third-order valence-corrected chi connectivity index (χ3v) is 2.96. The molecular weight excluding hydrogens is 258 g/mol. The van der Waals surface area contributed by atoms with Crippen LogP contribution >= 0.6 is 15.9 Å². The van der Waals surface area contributed by atoms with Gasteiger partial charge in [0.15, 0.2) is 0 Å². The number of aliphatic hydroxyl groups excluding tert-OH is 2. The normalized spacial score (nSPS) is 14.9. The first-order chi connectivity index (χ1) is 7.07. The second-order valence-corrected chi connectivity index (χ2v) is 4.34. The minimum Gasteiger partial charge on any atom is -0.399 e. The second-order valence-electron chi connectivity index (χ2n) is 3.55. The van der Waals surface area contributed by atoms with Crippen molar-refractivity contribution in [3.05, 3.63) is 29.3 Å². The van der Waals surface area contributed by atoms with E-state index in [1.54, 1.807) is 18.2 Å². The molecule has 0 amide bonds. The maximum Gasteiger partial charge on any atom is 0.105 e. The van der Waals surface area contributed by atoms with Crippen LogP contribution in [0.25, 0.3) is 0 Å². The molecule has 0 spiro atoms. The summed E-state index contributed by atoms with van der Waals surface area (Å²) in [4.78, 5) is 0. The highest BCUT2D eigenvalue weighted by molar-refractivity contribution is 9.09. The second kappa shape index (κ2) is 5.49. The number of halogens is 1. The largest absolute Gasteiger partial charge is 0.399 e. The maximum atomic E-state index is 9.90. The summed E-state index contributed by atoms with van der Waals surface area (Å²) in [5, 5.41) is 20.2. The summed E-state index contributed by atoms with van der Waals surface area (Å²) in [5.41, 5.74) is 7.90. The Morgan fingerprint density at radius 1 is 1.40 bits per heavy atom. The molecule has 1 aromatic carbocycles. The van der Waals surface area contributed by atoms with Crippen molar-refractivity contribution in [1.82, 2.24) is 0 Å². The summed E-state index contributed by atoms with van der Waals surface area (Å²) < 4.78 is 0. The predicted octanol–water partition coefficient (Wildman–Crippen LogP) is 1.76. The molecular formula is C11H16BrNO2. The number of hydrogen-bond donors (Lipinski definition) is 3. The van der Waals surface area contributed by atoms with Gasteiger partial charge in [-0.15, -0.1) is 0 Å². The van der Waals surface area contributed by atoms with Gasteiger partial charge < -0.3 is 15.9 Å². The molecule has 0 fully saturated rings. The van der Waals surface area contributed by atoms with Crippen molar-refractivity contribution in [2.24, 2.45) is 0 Å². The summed E-state index contributed by atoms with van der Waals surface area (Å²) in [5.74, 6) is 0. The lowest BCUT2D eigenvalue weighted by Gasteiger charge is -2.19. The monoisotopic (exact) mass is 273 g/mol. The molecule has 0 saturated heterocycles. The Balaban J connectivity index is 2.90. The lowest BCUT2D eigenvalue weighted by molar-refractivity contribution is 0.0170. The third kappa shape index (κ3) is 2.93. The minimum absolute atomic E-state index is 0.509. The average Bonchev–Trinajstić information content (AvgIpc) is 2.21. The molecule has 0 bridgehead atoms. The zero-order valence-electron chi connectivity index (χ0n) is 8.65. The van der Waals surface area contributed by atoms with Crippen molar-refractivity contribution in [2.45, 2.75) is 25.6 Å². The molecule has 0 aliphatic heterocycles. The fourth-order valence-electron chi connectivity index (χ4n) is 1.47. The summed E-state index contributed by atoms with van der Waals surface area (Å²) in [6.45, 7) is 1.84. The number of rotatable bonds is 4. The van der Waals surface area contributed by atoms with E-state index < -0.39 is 12.2 Å². The number of anilines is 1. The molecule has 0 heterocycles. The van der Waals surface area contributed by atoms with Gasteiger partial charge in [0, 0.05) is 11.0 Å². The van der Waals surface area contributed by atoms with Gasteiger partial charge in [0.1, 0.15) is 6.10 Å². The SMILES string of the molecule is Cc1c(N)cccc1C(O)C(O)CCBr. The van der Waals surface area contributed by atoms with E-state index in [1.807, 2.05) is 6.92 Å². The van der Waals surface area contributed by atoms with E-state index in [2.05, 4.69) is 15.9 Å². The molecule has 0 radical (unpaired) electrons. The first kappa shape index (κ1) is 12.5. The Morgan fingerprint density at radius 2 is 2.07 bits per heavy atom. The number of nitrogens with two attached hydrogens (primary N) is 1. The van der Waals surface area contributed by atoms with E-state index in [0.29, 0.717) is 23.0 Å². The van der Waals surface area contributed by atoms with Crippen LogP contribution in [0.5, 0.6) is 0 Å². The van der Waals surface area contributed by atoms with Crippen molar-refractivity contribution in [1.29, 1.82) is 0 Å². The van der Waals surface area contributed by atoms with Crippen molar-refractivity contribution in [3.8, 4) is 0 Å². The summed E-state index contributed by atoms with van der Waals surface area (Å²) in [6, 6.07) is 5.35. The topological polar surface area (TPSA) is 66.5 Å². The Bertz CT molecular complexity index is 330. The van der Waals surface area contributed by atoms with Crippen LogP contribution in [0.3, 0.4) is 0 Å². The van der Waals surface area contributed by atoms with Crippen LogP contribution in [-0.4, -0.2) is 21.6 Å². The average molecular weight is 274 g/mol.